The Bertz CT molecular complexity index is 93.3. The van der Waals surface area contributed by atoms with E-state index in [1.807, 2.05) is 6.92 Å². The van der Waals surface area contributed by atoms with Crippen LogP contribution in [0.3, 0.4) is 0 Å². The highest BCUT2D eigenvalue weighted by molar-refractivity contribution is 4.59. The van der Waals surface area contributed by atoms with Gasteiger partial charge in [0.25, 0.3) is 0 Å². The molecule has 0 aromatic rings. The molecule has 2 heteroatoms. The molecule has 10 heavy (non-hydrogen) atoms. The number of hydrogen-bond donors (Lipinski definition) is 0. The van der Waals surface area contributed by atoms with E-state index >= 15 is 0 Å². The van der Waals surface area contributed by atoms with Crippen LogP contribution in [0.2, 0.25) is 0 Å². The molecule has 0 N–H and O–H groups in total. The van der Waals surface area contributed by atoms with Crippen LogP contribution in [0, 0.1) is 0 Å². The van der Waals surface area contributed by atoms with Crippen molar-refractivity contribution in [3.63, 3.8) is 0 Å². The summed E-state index contributed by atoms with van der Waals surface area (Å²) >= 11 is 0. The lowest BCUT2D eigenvalue weighted by molar-refractivity contribution is -0.0601. The van der Waals surface area contributed by atoms with Crippen LogP contribution in [-0.2, 0) is 9.47 Å². The Balaban J connectivity index is 2.06. The van der Waals surface area contributed by atoms with Gasteiger partial charge < -0.3 is 9.47 Å². The third kappa shape index (κ3) is 2.27. The van der Waals surface area contributed by atoms with Crippen LogP contribution in [0.4, 0.5) is 0 Å². The predicted octanol–water partition coefficient (Wildman–Crippen LogP) is 1.94. The Morgan fingerprint density at radius 2 is 2.30 bits per heavy atom. The van der Waals surface area contributed by atoms with Crippen molar-refractivity contribution < 1.29 is 9.47 Å². The average Bonchev–Trinajstić information content (AvgIpc) is 2.31. The van der Waals surface area contributed by atoms with Crippen LogP contribution in [-0.4, -0.2) is 19.0 Å². The third-order valence-corrected chi connectivity index (χ3v) is 1.69. The molecule has 1 heterocycles. The minimum absolute atomic E-state index is 0.0925. The molecule has 0 amide bonds. The number of rotatable bonds is 3. The fourth-order valence-electron chi connectivity index (χ4n) is 1.10. The zero-order chi connectivity index (χ0) is 7.40. The van der Waals surface area contributed by atoms with Crippen molar-refractivity contribution in [3.05, 3.63) is 0 Å². The third-order valence-electron chi connectivity index (χ3n) is 1.69. The van der Waals surface area contributed by atoms with Gasteiger partial charge in [-0.3, -0.25) is 0 Å². The van der Waals surface area contributed by atoms with Gasteiger partial charge in [0, 0.05) is 0 Å². The molecule has 1 fully saturated rings. The van der Waals surface area contributed by atoms with E-state index in [0.717, 1.165) is 13.0 Å². The average molecular weight is 144 g/mol. The SMILES string of the molecule is CCCC[C@@H]1OC[C@@H](C)O1. The molecule has 0 aliphatic carbocycles. The lowest BCUT2D eigenvalue weighted by Crippen LogP contribution is -2.08. The largest absolute Gasteiger partial charge is 0.350 e. The van der Waals surface area contributed by atoms with Gasteiger partial charge in [-0.2, -0.15) is 0 Å². The molecular weight excluding hydrogens is 128 g/mol. The summed E-state index contributed by atoms with van der Waals surface area (Å²) < 4.78 is 10.8. The lowest BCUT2D eigenvalue weighted by atomic mass is 10.2. The molecule has 0 aromatic heterocycles. The van der Waals surface area contributed by atoms with Crippen molar-refractivity contribution >= 4 is 0 Å². The fourth-order valence-corrected chi connectivity index (χ4v) is 1.10. The molecule has 1 saturated heterocycles. The summed E-state index contributed by atoms with van der Waals surface area (Å²) in [6.45, 7) is 5.00. The summed E-state index contributed by atoms with van der Waals surface area (Å²) in [5, 5.41) is 0. The highest BCUT2D eigenvalue weighted by Gasteiger charge is 2.20. The molecule has 0 aromatic carbocycles. The van der Waals surface area contributed by atoms with Crippen LogP contribution in [0.5, 0.6) is 0 Å². The van der Waals surface area contributed by atoms with Gasteiger partial charge in [0.05, 0.1) is 12.7 Å². The minimum atomic E-state index is 0.0925. The number of unbranched alkanes of at least 4 members (excludes halogenated alkanes) is 1. The zero-order valence-electron chi connectivity index (χ0n) is 6.80. The molecule has 1 aliphatic heterocycles. The first-order chi connectivity index (χ1) is 4.83. The molecule has 2 nitrogen and oxygen atoms in total. The van der Waals surface area contributed by atoms with Gasteiger partial charge in [-0.25, -0.2) is 0 Å². The first-order valence-corrected chi connectivity index (χ1v) is 4.10. The van der Waals surface area contributed by atoms with Gasteiger partial charge in [0.2, 0.25) is 0 Å². The Morgan fingerprint density at radius 1 is 1.50 bits per heavy atom. The number of hydrogen-bond acceptors (Lipinski definition) is 2. The summed E-state index contributed by atoms with van der Waals surface area (Å²) in [5.41, 5.74) is 0. The topological polar surface area (TPSA) is 18.5 Å². The van der Waals surface area contributed by atoms with Gasteiger partial charge in [-0.15, -0.1) is 0 Å². The smallest absolute Gasteiger partial charge is 0.158 e. The molecule has 1 aliphatic rings. The molecule has 2 atom stereocenters. The predicted molar refractivity (Wildman–Crippen MR) is 39.8 cm³/mol. The van der Waals surface area contributed by atoms with Crippen LogP contribution in [0.15, 0.2) is 0 Å². The van der Waals surface area contributed by atoms with Gasteiger partial charge in [-0.1, -0.05) is 13.3 Å². The van der Waals surface area contributed by atoms with Crippen molar-refractivity contribution in [1.82, 2.24) is 0 Å². The first-order valence-electron chi connectivity index (χ1n) is 4.10. The molecule has 60 valence electrons. The molecular formula is C8H16O2. The van der Waals surface area contributed by atoms with Crippen molar-refractivity contribution in [2.24, 2.45) is 0 Å². The lowest BCUT2D eigenvalue weighted by Gasteiger charge is -2.07. The quantitative estimate of drug-likeness (QED) is 0.602. The highest BCUT2D eigenvalue weighted by atomic mass is 16.7. The summed E-state index contributed by atoms with van der Waals surface area (Å²) in [4.78, 5) is 0. The Kier molecular flexibility index (Phi) is 3.16. The van der Waals surface area contributed by atoms with Crippen LogP contribution in [0.25, 0.3) is 0 Å². The minimum Gasteiger partial charge on any atom is -0.350 e. The molecule has 1 rings (SSSR count). The zero-order valence-corrected chi connectivity index (χ0v) is 6.80. The van der Waals surface area contributed by atoms with E-state index in [4.69, 9.17) is 9.47 Å². The monoisotopic (exact) mass is 144 g/mol. The Labute approximate surface area is 62.5 Å². The van der Waals surface area contributed by atoms with Gasteiger partial charge in [0.1, 0.15) is 0 Å². The first kappa shape index (κ1) is 8.02. The maximum atomic E-state index is 5.44. The maximum Gasteiger partial charge on any atom is 0.158 e. The second-order valence-electron chi connectivity index (χ2n) is 2.85. The van der Waals surface area contributed by atoms with Crippen LogP contribution < -0.4 is 0 Å². The van der Waals surface area contributed by atoms with Gasteiger partial charge >= 0.3 is 0 Å². The van der Waals surface area contributed by atoms with E-state index in [1.165, 1.54) is 12.8 Å². The molecule has 0 unspecified atom stereocenters. The summed E-state index contributed by atoms with van der Waals surface area (Å²) in [6.07, 6.45) is 3.88. The normalized spacial score (nSPS) is 33.0. The fraction of sp³-hybridized carbons (Fsp3) is 1.00. The highest BCUT2D eigenvalue weighted by Crippen LogP contribution is 2.15. The standard InChI is InChI=1S/C8H16O2/c1-3-4-5-8-9-6-7(2)10-8/h7-8H,3-6H2,1-2H3/t7-,8-/m1/s1. The summed E-state index contributed by atoms with van der Waals surface area (Å²) in [7, 11) is 0. The second kappa shape index (κ2) is 3.94. The van der Waals surface area contributed by atoms with Crippen molar-refractivity contribution in [2.75, 3.05) is 6.61 Å². The maximum absolute atomic E-state index is 5.44. The van der Waals surface area contributed by atoms with Crippen molar-refractivity contribution in [3.8, 4) is 0 Å². The summed E-state index contributed by atoms with van der Waals surface area (Å²) in [6, 6.07) is 0. The summed E-state index contributed by atoms with van der Waals surface area (Å²) in [5.74, 6) is 0. The van der Waals surface area contributed by atoms with Crippen molar-refractivity contribution in [2.45, 2.75) is 45.5 Å². The second-order valence-corrected chi connectivity index (χ2v) is 2.85. The Hall–Kier alpha value is -0.0800. The van der Waals surface area contributed by atoms with E-state index in [-0.39, 0.29) is 6.29 Å². The van der Waals surface area contributed by atoms with E-state index in [1.54, 1.807) is 0 Å². The van der Waals surface area contributed by atoms with E-state index < -0.39 is 0 Å². The van der Waals surface area contributed by atoms with E-state index in [2.05, 4.69) is 6.92 Å². The van der Waals surface area contributed by atoms with Gasteiger partial charge in [0.15, 0.2) is 6.29 Å². The van der Waals surface area contributed by atoms with E-state index in [9.17, 15) is 0 Å². The van der Waals surface area contributed by atoms with Crippen LogP contribution in [0.1, 0.15) is 33.1 Å². The molecule has 0 spiro atoms. The molecule has 0 bridgehead atoms. The van der Waals surface area contributed by atoms with Gasteiger partial charge in [-0.05, 0) is 19.8 Å². The van der Waals surface area contributed by atoms with E-state index in [0.29, 0.717) is 6.10 Å². The number of ether oxygens (including phenoxy) is 2. The van der Waals surface area contributed by atoms with Crippen molar-refractivity contribution in [1.29, 1.82) is 0 Å². The molecule has 0 saturated carbocycles. The Morgan fingerprint density at radius 3 is 2.80 bits per heavy atom. The van der Waals surface area contributed by atoms with Crippen LogP contribution >= 0.6 is 0 Å². The molecule has 0 radical (unpaired) electrons.